The number of allylic oxidation sites excluding steroid dienone is 2. The quantitative estimate of drug-likeness (QED) is 0.443. The van der Waals surface area contributed by atoms with E-state index in [0.717, 1.165) is 0 Å². The largest absolute Gasteiger partial charge is 0.286 e. The van der Waals surface area contributed by atoms with Gasteiger partial charge in [-0.1, -0.05) is 22.0 Å². The van der Waals surface area contributed by atoms with Gasteiger partial charge in [0.05, 0.1) is 0 Å². The van der Waals surface area contributed by atoms with Gasteiger partial charge < -0.3 is 0 Å². The zero-order chi connectivity index (χ0) is 5.70. The monoisotopic (exact) mass is 161 g/mol. The van der Waals surface area contributed by atoms with Crippen LogP contribution in [0.5, 0.6) is 0 Å². The fourth-order valence-corrected chi connectivity index (χ4v) is 0.324. The summed E-state index contributed by atoms with van der Waals surface area (Å²) in [5, 5.41) is 0. The third kappa shape index (κ3) is 5.89. The van der Waals surface area contributed by atoms with Crippen molar-refractivity contribution in [3.05, 3.63) is 12.2 Å². The predicted octanol–water partition coefficient (Wildman–Crippen LogP) is 1.44. The Morgan fingerprint density at radius 3 is 2.57 bits per heavy atom. The van der Waals surface area contributed by atoms with Crippen molar-refractivity contribution in [3.8, 4) is 0 Å². The Morgan fingerprint density at radius 1 is 1.86 bits per heavy atom. The van der Waals surface area contributed by atoms with Crippen LogP contribution >= 0.6 is 15.9 Å². The number of halogens is 1. The van der Waals surface area contributed by atoms with Gasteiger partial charge in [0.25, 0.3) is 0 Å². The molecule has 0 aromatic carbocycles. The fourth-order valence-electron chi connectivity index (χ4n) is 0.172. The first-order chi connectivity index (χ1) is 3.27. The van der Waals surface area contributed by atoms with Crippen LogP contribution in [0, 0.1) is 0 Å². The van der Waals surface area contributed by atoms with Gasteiger partial charge in [-0.2, -0.15) is 0 Å². The van der Waals surface area contributed by atoms with Gasteiger partial charge in [-0.25, -0.2) is 0 Å². The number of rotatable bonds is 2. The lowest BCUT2D eigenvalue weighted by molar-refractivity contribution is 0.564. The van der Waals surface area contributed by atoms with Crippen LogP contribution in [0.1, 0.15) is 6.92 Å². The van der Waals surface area contributed by atoms with Crippen molar-refractivity contribution in [1.29, 1.82) is 0 Å². The van der Waals surface area contributed by atoms with Gasteiger partial charge in [-0.15, -0.1) is 0 Å². The fraction of sp³-hybridized carbons (Fsp3) is 0.400. The molecule has 0 aromatic rings. The van der Waals surface area contributed by atoms with E-state index in [1.165, 1.54) is 6.08 Å². The molecule has 0 fully saturated rings. The van der Waals surface area contributed by atoms with Crippen molar-refractivity contribution in [2.24, 2.45) is 0 Å². The Labute approximate surface area is 51.5 Å². The van der Waals surface area contributed by atoms with Crippen LogP contribution in [0.2, 0.25) is 0 Å². The molecule has 1 radical (unpaired) electrons. The molecule has 0 aromatic heterocycles. The van der Waals surface area contributed by atoms with Gasteiger partial charge in [0.2, 0.25) is 6.29 Å². The van der Waals surface area contributed by atoms with Crippen LogP contribution in [0.3, 0.4) is 0 Å². The van der Waals surface area contributed by atoms with Crippen LogP contribution in [0.15, 0.2) is 12.2 Å². The molecule has 0 aliphatic rings. The van der Waals surface area contributed by atoms with Crippen LogP contribution in [-0.2, 0) is 4.79 Å². The Hall–Kier alpha value is -0.110. The van der Waals surface area contributed by atoms with E-state index in [2.05, 4.69) is 15.9 Å². The zero-order valence-corrected chi connectivity index (χ0v) is 5.60. The minimum Gasteiger partial charge on any atom is -0.286 e. The van der Waals surface area contributed by atoms with E-state index < -0.39 is 0 Å². The first-order valence-corrected chi connectivity index (χ1v) is 2.87. The molecular weight excluding hydrogens is 156 g/mol. The van der Waals surface area contributed by atoms with E-state index in [-0.39, 0.29) is 4.83 Å². The molecular formula is C5H6BrO. The Bertz CT molecular complexity index is 76.1. The number of hydrogen-bond donors (Lipinski definition) is 0. The lowest BCUT2D eigenvalue weighted by Gasteiger charge is -1.83. The minimum atomic E-state index is 0.272. The molecule has 1 nitrogen and oxygen atoms in total. The summed E-state index contributed by atoms with van der Waals surface area (Å²) in [7, 11) is 0. The molecule has 1 unspecified atom stereocenters. The topological polar surface area (TPSA) is 17.1 Å². The summed E-state index contributed by atoms with van der Waals surface area (Å²) in [6.07, 6.45) is 4.70. The van der Waals surface area contributed by atoms with E-state index in [0.29, 0.717) is 0 Å². The molecule has 2 heteroatoms. The molecule has 0 amide bonds. The van der Waals surface area contributed by atoms with Gasteiger partial charge in [0.15, 0.2) is 0 Å². The molecule has 0 spiro atoms. The summed E-state index contributed by atoms with van der Waals surface area (Å²) in [4.78, 5) is 9.75. The van der Waals surface area contributed by atoms with Crippen LogP contribution in [0.25, 0.3) is 0 Å². The molecule has 0 rings (SSSR count). The maximum Gasteiger partial charge on any atom is 0.225 e. The molecule has 0 aliphatic carbocycles. The number of hydrogen-bond acceptors (Lipinski definition) is 1. The van der Waals surface area contributed by atoms with Crippen molar-refractivity contribution in [2.45, 2.75) is 11.8 Å². The summed E-state index contributed by atoms with van der Waals surface area (Å²) >= 11 is 3.21. The van der Waals surface area contributed by atoms with Gasteiger partial charge in [0, 0.05) is 4.83 Å². The van der Waals surface area contributed by atoms with Crippen LogP contribution in [-0.4, -0.2) is 11.1 Å². The SMILES string of the molecule is CC(Br)/C=C/[C]=O. The smallest absolute Gasteiger partial charge is 0.225 e. The first-order valence-electron chi connectivity index (χ1n) is 1.96. The van der Waals surface area contributed by atoms with E-state index in [4.69, 9.17) is 0 Å². The first kappa shape index (κ1) is 6.89. The molecule has 0 saturated carbocycles. The van der Waals surface area contributed by atoms with Crippen molar-refractivity contribution in [2.75, 3.05) is 0 Å². The maximum absolute atomic E-state index is 9.48. The normalized spacial score (nSPS) is 14.6. The average molecular weight is 162 g/mol. The summed E-state index contributed by atoms with van der Waals surface area (Å²) in [5.74, 6) is 0. The van der Waals surface area contributed by atoms with E-state index >= 15 is 0 Å². The molecule has 0 bridgehead atoms. The third-order valence-corrected chi connectivity index (χ3v) is 0.735. The van der Waals surface area contributed by atoms with E-state index in [1.54, 1.807) is 12.4 Å². The highest BCUT2D eigenvalue weighted by molar-refractivity contribution is 9.09. The highest BCUT2D eigenvalue weighted by atomic mass is 79.9. The molecule has 0 heterocycles. The molecule has 7 heavy (non-hydrogen) atoms. The van der Waals surface area contributed by atoms with Gasteiger partial charge >= 0.3 is 0 Å². The van der Waals surface area contributed by atoms with Crippen molar-refractivity contribution in [3.63, 3.8) is 0 Å². The minimum absolute atomic E-state index is 0.272. The lowest BCUT2D eigenvalue weighted by atomic mass is 10.4. The summed E-state index contributed by atoms with van der Waals surface area (Å²) in [6.45, 7) is 1.92. The second kappa shape index (κ2) is 4.06. The lowest BCUT2D eigenvalue weighted by Crippen LogP contribution is -1.78. The van der Waals surface area contributed by atoms with Crippen molar-refractivity contribution in [1.82, 2.24) is 0 Å². The highest BCUT2D eigenvalue weighted by Crippen LogP contribution is 1.96. The maximum atomic E-state index is 9.48. The van der Waals surface area contributed by atoms with Gasteiger partial charge in [-0.3, -0.25) is 4.79 Å². The third-order valence-electron chi connectivity index (χ3n) is 0.429. The zero-order valence-electron chi connectivity index (χ0n) is 4.02. The standard InChI is InChI=1S/C5H6BrO/c1-5(6)3-2-4-7/h2-3,5H,1H3/b3-2+. The molecule has 0 saturated heterocycles. The summed E-state index contributed by atoms with van der Waals surface area (Å²) in [5.41, 5.74) is 0. The van der Waals surface area contributed by atoms with Crippen LogP contribution in [0.4, 0.5) is 0 Å². The van der Waals surface area contributed by atoms with Crippen molar-refractivity contribution < 1.29 is 4.79 Å². The number of carbonyl (C=O) groups excluding carboxylic acids is 1. The molecule has 0 N–H and O–H groups in total. The second-order valence-electron chi connectivity index (χ2n) is 1.15. The Kier molecular flexibility index (Phi) is 4.00. The second-order valence-corrected chi connectivity index (χ2v) is 2.60. The van der Waals surface area contributed by atoms with Gasteiger partial charge in [0.1, 0.15) is 0 Å². The molecule has 1 atom stereocenters. The highest BCUT2D eigenvalue weighted by Gasteiger charge is 1.81. The Morgan fingerprint density at radius 2 is 2.43 bits per heavy atom. The van der Waals surface area contributed by atoms with E-state index in [9.17, 15) is 4.79 Å². The summed E-state index contributed by atoms with van der Waals surface area (Å²) in [6, 6.07) is 0. The summed E-state index contributed by atoms with van der Waals surface area (Å²) < 4.78 is 0. The average Bonchev–Trinajstić information content (AvgIpc) is 1.61. The van der Waals surface area contributed by atoms with E-state index in [1.807, 2.05) is 6.92 Å². The Balaban J connectivity index is 3.25. The predicted molar refractivity (Wildman–Crippen MR) is 33.2 cm³/mol. The van der Waals surface area contributed by atoms with Crippen molar-refractivity contribution >= 4 is 22.2 Å². The van der Waals surface area contributed by atoms with Crippen LogP contribution < -0.4 is 0 Å². The number of alkyl halides is 1. The molecule has 39 valence electrons. The van der Waals surface area contributed by atoms with Gasteiger partial charge in [-0.05, 0) is 13.0 Å². The molecule has 0 aliphatic heterocycles.